The van der Waals surface area contributed by atoms with Crippen molar-refractivity contribution in [1.82, 2.24) is 9.97 Å². The molecule has 136 valence electrons. The van der Waals surface area contributed by atoms with Crippen molar-refractivity contribution < 1.29 is 4.39 Å². The Hall–Kier alpha value is -4.35. The van der Waals surface area contributed by atoms with Crippen LogP contribution in [0.4, 0.5) is 4.39 Å². The molecule has 4 nitrogen and oxygen atoms in total. The third-order valence-electron chi connectivity index (χ3n) is 4.45. The lowest BCUT2D eigenvalue weighted by Gasteiger charge is -2.10. The summed E-state index contributed by atoms with van der Waals surface area (Å²) in [6.45, 7) is 0. The SMILES string of the molecule is N#Cc1cc(C#N)c(-c2nc(-c3ccccc3)cc(-c3ccccc3)n2)cc1F. The van der Waals surface area contributed by atoms with E-state index in [4.69, 9.17) is 5.26 Å². The first-order valence-electron chi connectivity index (χ1n) is 8.83. The number of hydrogen-bond donors (Lipinski definition) is 0. The molecule has 4 rings (SSSR count). The van der Waals surface area contributed by atoms with Gasteiger partial charge in [-0.3, -0.25) is 0 Å². The minimum absolute atomic E-state index is 0.146. The zero-order chi connectivity index (χ0) is 20.2. The molecule has 1 heterocycles. The summed E-state index contributed by atoms with van der Waals surface area (Å²) >= 11 is 0. The number of hydrogen-bond acceptors (Lipinski definition) is 4. The highest BCUT2D eigenvalue weighted by Gasteiger charge is 2.16. The molecule has 0 N–H and O–H groups in total. The van der Waals surface area contributed by atoms with Gasteiger partial charge in [-0.25, -0.2) is 14.4 Å². The van der Waals surface area contributed by atoms with Crippen LogP contribution in [0.1, 0.15) is 11.1 Å². The van der Waals surface area contributed by atoms with Crippen molar-refractivity contribution in [2.75, 3.05) is 0 Å². The van der Waals surface area contributed by atoms with Gasteiger partial charge in [0.15, 0.2) is 5.82 Å². The smallest absolute Gasteiger partial charge is 0.161 e. The minimum atomic E-state index is -0.712. The molecule has 0 saturated carbocycles. The fourth-order valence-electron chi connectivity index (χ4n) is 3.02. The summed E-state index contributed by atoms with van der Waals surface area (Å²) in [7, 11) is 0. The highest BCUT2D eigenvalue weighted by Crippen LogP contribution is 2.29. The van der Waals surface area contributed by atoms with Gasteiger partial charge >= 0.3 is 0 Å². The summed E-state index contributed by atoms with van der Waals surface area (Å²) in [5, 5.41) is 18.6. The molecule has 0 aliphatic heterocycles. The molecule has 0 amide bonds. The van der Waals surface area contributed by atoms with E-state index in [0.717, 1.165) is 17.2 Å². The maximum Gasteiger partial charge on any atom is 0.161 e. The van der Waals surface area contributed by atoms with E-state index in [2.05, 4.69) is 9.97 Å². The van der Waals surface area contributed by atoms with Crippen LogP contribution in [0.2, 0.25) is 0 Å². The van der Waals surface area contributed by atoms with Crippen LogP contribution in [0, 0.1) is 28.5 Å². The van der Waals surface area contributed by atoms with Gasteiger partial charge in [-0.2, -0.15) is 10.5 Å². The Labute approximate surface area is 167 Å². The molecule has 0 atom stereocenters. The second kappa shape index (κ2) is 7.72. The van der Waals surface area contributed by atoms with Crippen molar-refractivity contribution in [3.05, 3.63) is 95.8 Å². The second-order valence-electron chi connectivity index (χ2n) is 6.30. The monoisotopic (exact) mass is 376 g/mol. The quantitative estimate of drug-likeness (QED) is 0.482. The first-order chi connectivity index (χ1) is 14.2. The van der Waals surface area contributed by atoms with E-state index in [-0.39, 0.29) is 22.5 Å². The van der Waals surface area contributed by atoms with Gasteiger partial charge in [-0.1, -0.05) is 60.7 Å². The number of benzene rings is 3. The van der Waals surface area contributed by atoms with E-state index >= 15 is 0 Å². The lowest BCUT2D eigenvalue weighted by molar-refractivity contribution is 0.624. The molecule has 0 radical (unpaired) electrons. The molecule has 0 bridgehead atoms. The summed E-state index contributed by atoms with van der Waals surface area (Å²) in [6.07, 6.45) is 0. The molecule has 0 saturated heterocycles. The molecular weight excluding hydrogens is 363 g/mol. The molecule has 0 spiro atoms. The predicted octanol–water partition coefficient (Wildman–Crippen LogP) is 5.36. The minimum Gasteiger partial charge on any atom is -0.228 e. The molecular formula is C24H13FN4. The van der Waals surface area contributed by atoms with Crippen LogP contribution >= 0.6 is 0 Å². The van der Waals surface area contributed by atoms with Gasteiger partial charge in [-0.05, 0) is 18.2 Å². The third-order valence-corrected chi connectivity index (χ3v) is 4.45. The average molecular weight is 376 g/mol. The van der Waals surface area contributed by atoms with Crippen LogP contribution in [-0.2, 0) is 0 Å². The van der Waals surface area contributed by atoms with Gasteiger partial charge < -0.3 is 0 Å². The Balaban J connectivity index is 1.98. The number of nitriles is 2. The van der Waals surface area contributed by atoms with E-state index in [9.17, 15) is 9.65 Å². The zero-order valence-electron chi connectivity index (χ0n) is 15.2. The van der Waals surface area contributed by atoms with Crippen molar-refractivity contribution in [2.24, 2.45) is 0 Å². The average Bonchev–Trinajstić information content (AvgIpc) is 2.79. The van der Waals surface area contributed by atoms with Crippen LogP contribution in [-0.4, -0.2) is 9.97 Å². The maximum atomic E-state index is 14.3. The molecule has 4 aromatic rings. The van der Waals surface area contributed by atoms with Crippen molar-refractivity contribution in [2.45, 2.75) is 0 Å². The van der Waals surface area contributed by atoms with Crippen molar-refractivity contribution in [1.29, 1.82) is 10.5 Å². The number of halogens is 1. The summed E-state index contributed by atoms with van der Waals surface area (Å²) in [5.41, 5.74) is 3.27. The molecule has 29 heavy (non-hydrogen) atoms. The third kappa shape index (κ3) is 3.58. The van der Waals surface area contributed by atoms with Crippen LogP contribution in [0.3, 0.4) is 0 Å². The van der Waals surface area contributed by atoms with Gasteiger partial charge in [0.25, 0.3) is 0 Å². The summed E-state index contributed by atoms with van der Waals surface area (Å²) < 4.78 is 14.3. The van der Waals surface area contributed by atoms with Crippen LogP contribution < -0.4 is 0 Å². The molecule has 0 aliphatic carbocycles. The Kier molecular flexibility index (Phi) is 4.80. The van der Waals surface area contributed by atoms with Crippen LogP contribution in [0.25, 0.3) is 33.9 Å². The Morgan fingerprint density at radius 3 is 1.66 bits per heavy atom. The lowest BCUT2D eigenvalue weighted by atomic mass is 10.0. The van der Waals surface area contributed by atoms with E-state index in [0.29, 0.717) is 11.4 Å². The molecule has 1 aromatic heterocycles. The molecule has 3 aromatic carbocycles. The summed E-state index contributed by atoms with van der Waals surface area (Å²) in [6, 6.07) is 27.1. The highest BCUT2D eigenvalue weighted by atomic mass is 19.1. The van der Waals surface area contributed by atoms with Gasteiger partial charge in [0.1, 0.15) is 11.9 Å². The standard InChI is InChI=1S/C24H13FN4/c25-21-12-20(18(14-26)11-19(21)15-27)24-28-22(16-7-3-1-4-8-16)13-23(29-24)17-9-5-2-6-10-17/h1-13H. The Bertz CT molecular complexity index is 1210. The maximum absolute atomic E-state index is 14.3. The fraction of sp³-hybridized carbons (Fsp3) is 0. The molecule has 5 heteroatoms. The van der Waals surface area contributed by atoms with E-state index < -0.39 is 5.82 Å². The van der Waals surface area contributed by atoms with Crippen molar-refractivity contribution >= 4 is 0 Å². The molecule has 0 unspecified atom stereocenters. The molecule has 0 fully saturated rings. The number of nitrogens with zero attached hydrogens (tertiary/aromatic N) is 4. The number of aromatic nitrogens is 2. The van der Waals surface area contributed by atoms with Gasteiger partial charge in [0.05, 0.1) is 28.6 Å². The zero-order valence-corrected chi connectivity index (χ0v) is 15.2. The second-order valence-corrected chi connectivity index (χ2v) is 6.30. The van der Waals surface area contributed by atoms with Crippen LogP contribution in [0.5, 0.6) is 0 Å². The van der Waals surface area contributed by atoms with Crippen molar-refractivity contribution in [3.8, 4) is 46.0 Å². The fourth-order valence-corrected chi connectivity index (χ4v) is 3.02. The van der Waals surface area contributed by atoms with Gasteiger partial charge in [0.2, 0.25) is 0 Å². The van der Waals surface area contributed by atoms with Gasteiger partial charge in [-0.15, -0.1) is 0 Å². The van der Waals surface area contributed by atoms with Crippen LogP contribution in [0.15, 0.2) is 78.9 Å². The first kappa shape index (κ1) is 18.0. The summed E-state index contributed by atoms with van der Waals surface area (Å²) in [5.74, 6) is -0.485. The predicted molar refractivity (Wildman–Crippen MR) is 108 cm³/mol. The van der Waals surface area contributed by atoms with E-state index in [1.54, 1.807) is 6.07 Å². The lowest BCUT2D eigenvalue weighted by Crippen LogP contribution is -1.99. The first-order valence-corrected chi connectivity index (χ1v) is 8.83. The van der Waals surface area contributed by atoms with E-state index in [1.165, 1.54) is 6.07 Å². The Morgan fingerprint density at radius 1 is 0.655 bits per heavy atom. The number of rotatable bonds is 3. The topological polar surface area (TPSA) is 73.4 Å². The van der Waals surface area contributed by atoms with E-state index in [1.807, 2.05) is 72.8 Å². The highest BCUT2D eigenvalue weighted by molar-refractivity contribution is 5.74. The summed E-state index contributed by atoms with van der Waals surface area (Å²) in [4.78, 5) is 9.19. The molecule has 0 aliphatic rings. The van der Waals surface area contributed by atoms with Gasteiger partial charge in [0, 0.05) is 16.7 Å². The largest absolute Gasteiger partial charge is 0.228 e. The Morgan fingerprint density at radius 2 is 1.17 bits per heavy atom. The van der Waals surface area contributed by atoms with Crippen molar-refractivity contribution in [3.63, 3.8) is 0 Å². The normalized spacial score (nSPS) is 10.2.